The molecule has 108 heavy (non-hydrogen) atoms. The predicted octanol–water partition coefficient (Wildman–Crippen LogP) is 10.8. The molecular weight excluding hydrogens is 1900 g/mol. The number of nitrogens with one attached hydrogen (secondary N) is 2. The zero-order valence-corrected chi connectivity index (χ0v) is 82.3. The Kier molecular flexibility index (Phi) is 130. The third kappa shape index (κ3) is 77.4. The molecule has 0 atom stereocenters. The Hall–Kier alpha value is -1.15. The Labute approximate surface area is 719 Å². The Morgan fingerprint density at radius 1 is 0.444 bits per heavy atom. The fourth-order valence-corrected chi connectivity index (χ4v) is 12.6. The molecule has 8 rings (SSSR count). The van der Waals surface area contributed by atoms with Crippen molar-refractivity contribution in [3.8, 4) is 0 Å². The van der Waals surface area contributed by atoms with Crippen molar-refractivity contribution in [3.63, 3.8) is 0 Å². The summed E-state index contributed by atoms with van der Waals surface area (Å²) >= 11 is 10.9. The van der Waals surface area contributed by atoms with E-state index in [4.69, 9.17) is 15.3 Å². The van der Waals surface area contributed by atoms with Crippen LogP contribution in [0.4, 0.5) is 20.5 Å². The fourth-order valence-electron chi connectivity index (χ4n) is 6.70. The summed E-state index contributed by atoms with van der Waals surface area (Å²) in [6.45, 7) is 60.9. The number of halogens is 4. The third-order valence-electron chi connectivity index (χ3n) is 10.4. The molecule has 4 aliphatic heterocycles. The Bertz CT molecular complexity index is 2900. The number of carbonyl (C=O) groups is 3. The molecular formula is C64H143B5ClI3N13O14S8-. The summed E-state index contributed by atoms with van der Waals surface area (Å²) < 4.78 is 91.4. The first kappa shape index (κ1) is 148. The molecule has 5 N–H and O–H groups in total. The molecule has 0 saturated carbocycles. The zero-order chi connectivity index (χ0) is 81.9. The summed E-state index contributed by atoms with van der Waals surface area (Å²) in [6, 6.07) is 0. The molecule has 1 amide bonds. The van der Waals surface area contributed by atoms with Gasteiger partial charge in [-0.05, 0) is 13.7 Å². The minimum atomic E-state index is -3.19. The second kappa shape index (κ2) is 94.7. The second-order valence-electron chi connectivity index (χ2n) is 16.9. The summed E-state index contributed by atoms with van der Waals surface area (Å²) in [7, 11) is -9.22. The van der Waals surface area contributed by atoms with Crippen LogP contribution in [-0.4, -0.2) is 270 Å². The van der Waals surface area contributed by atoms with Crippen LogP contribution in [0.5, 0.6) is 0 Å². The van der Waals surface area contributed by atoms with E-state index >= 15 is 0 Å². The SMILES string of the molecule is C.C.C.CB(O)O.CC.CC.CC.CC.CC.CC.CC.CC.CC.CC.CC.CC(=O)c1cnc(N2CCN(S(C)(=O)=O)CC2)s1.CC(=O)c1cnc(N2CCN(S(C)(=O)=O)CC2)s1.CS(=O)(=O)Cl.CS(=O)(=O)N1CCN(c2ncc(C(=O)NO)s2)CC1.Cc1cnc(N2CCNCC2)s1.I[I-]I.[B].[B].[B].[B]. The average molecular weight is 2050 g/mol. The van der Waals surface area contributed by atoms with Gasteiger partial charge in [-0.15, -0.1) is 11.3 Å². The molecule has 12 radical (unpaired) electrons. The van der Waals surface area contributed by atoms with E-state index in [0.717, 1.165) is 54.0 Å². The minimum Gasteiger partial charge on any atom is 0 e. The van der Waals surface area contributed by atoms with E-state index in [1.54, 1.807) is 29.2 Å². The van der Waals surface area contributed by atoms with Gasteiger partial charge in [-0.2, -0.15) is 12.9 Å². The van der Waals surface area contributed by atoms with Gasteiger partial charge in [0.25, 0.3) is 5.91 Å². The van der Waals surface area contributed by atoms with E-state index in [2.05, 4.69) is 85.0 Å². The summed E-state index contributed by atoms with van der Waals surface area (Å²) in [5, 5.41) is 30.5. The molecule has 4 aliphatic rings. The van der Waals surface area contributed by atoms with Crippen LogP contribution in [0.1, 0.15) is 222 Å². The molecule has 27 nitrogen and oxygen atoms in total. The summed E-state index contributed by atoms with van der Waals surface area (Å²) in [5.74, 6) is -0.583. The summed E-state index contributed by atoms with van der Waals surface area (Å²) in [6.07, 6.45) is 11.0. The molecule has 0 aromatic carbocycles. The number of aromatic nitrogens is 4. The van der Waals surface area contributed by atoms with Crippen molar-refractivity contribution >= 4 is 211 Å². The Balaban J connectivity index is -0.0000000590. The molecule has 4 fully saturated rings. The molecule has 4 aromatic heterocycles. The van der Waals surface area contributed by atoms with E-state index in [1.807, 2.05) is 173 Å². The van der Waals surface area contributed by atoms with E-state index in [0.29, 0.717) is 112 Å². The number of amides is 1. The van der Waals surface area contributed by atoms with Gasteiger partial charge in [-0.3, -0.25) is 19.6 Å². The number of nitrogens with zero attached hydrogens (tertiary/aromatic N) is 11. The quantitative estimate of drug-likeness (QED) is 0.0246. The predicted molar refractivity (Wildman–Crippen MR) is 496 cm³/mol. The van der Waals surface area contributed by atoms with Gasteiger partial charge in [0.05, 0.1) is 53.4 Å². The number of aryl methyl sites for hydroxylation is 1. The van der Waals surface area contributed by atoms with Crippen molar-refractivity contribution in [2.75, 3.05) is 149 Å². The number of ketones is 2. The number of hydroxylamine groups is 1. The number of rotatable bonds is 10. The third-order valence-corrected chi connectivity index (χ3v) is 18.7. The molecule has 4 saturated heterocycles. The minimum absolute atomic E-state index is 0. The van der Waals surface area contributed by atoms with Crippen LogP contribution in [0.25, 0.3) is 0 Å². The summed E-state index contributed by atoms with van der Waals surface area (Å²) in [4.78, 5) is 61.6. The van der Waals surface area contributed by atoms with Crippen LogP contribution in [0.2, 0.25) is 6.82 Å². The smallest absolute Gasteiger partial charge is 0 e. The normalized spacial score (nSPS) is 12.7. The van der Waals surface area contributed by atoms with Crippen LogP contribution in [-0.2, 0) is 39.1 Å². The second-order valence-corrected chi connectivity index (χ2v) is 46.4. The van der Waals surface area contributed by atoms with Gasteiger partial charge in [-0.1, -0.05) is 209 Å². The van der Waals surface area contributed by atoms with Gasteiger partial charge in [0.2, 0.25) is 39.1 Å². The summed E-state index contributed by atoms with van der Waals surface area (Å²) in [5.41, 5.74) is 1.55. The van der Waals surface area contributed by atoms with Crippen LogP contribution < -0.4 is 43.7 Å². The van der Waals surface area contributed by atoms with Crippen molar-refractivity contribution in [2.24, 2.45) is 0 Å². The van der Waals surface area contributed by atoms with Crippen molar-refractivity contribution in [3.05, 3.63) is 44.3 Å². The van der Waals surface area contributed by atoms with Crippen molar-refractivity contribution < 1.29 is 76.6 Å². The van der Waals surface area contributed by atoms with E-state index in [-0.39, 0.29) is 67.5 Å². The number of hydrogen-bond acceptors (Lipinski definition) is 27. The average Bonchev–Trinajstić information content (AvgIpc) is 1.58. The molecule has 4 aromatic rings. The first-order valence-corrected chi connectivity index (χ1v) is 58.2. The molecule has 44 heteroatoms. The van der Waals surface area contributed by atoms with Crippen molar-refractivity contribution in [1.82, 2.24) is 43.6 Å². The van der Waals surface area contributed by atoms with Crippen LogP contribution in [0.3, 0.4) is 0 Å². The number of hydrogen-bond donors (Lipinski definition) is 5. The first-order chi connectivity index (χ1) is 47.7. The largest absolute Gasteiger partial charge is 0 e. The van der Waals surface area contributed by atoms with Gasteiger partial charge >= 0.3 is 57.6 Å². The van der Waals surface area contributed by atoms with E-state index in [1.165, 1.54) is 91.2 Å². The molecule has 0 unspecified atom stereocenters. The monoisotopic (exact) mass is 2040 g/mol. The standard InChI is InChI=1S/2C10H15N3O3S2.C9H14N4O4S2.C8H13N3S.11C2H6.CH5BO2.CH3ClO2S.3CH4.4B.I3/c2*1-8(14)9-7-11-10(17-9)12-3-5-13(6-4-12)18(2,15)16;1-19(16,17)13-4-2-12(3-5-13)9-10-6-7(18-9)8(14)11-15;1-7-6-10-8(12-7)11-4-2-9-3-5-11;11*1-2;1-2(3)4;1-5(2,3)4;;;;;;;;1-3-2/h2*7H,3-6H2,1-2H3;6,15H,2-5H2,1H3,(H,11,14);6,9H,2-5H2,1H3;11*1-2H3;3-4H,1H3;1H3;3*1H4;;;;;/q;;;;;;;;;;;;;;;;;;;;;;;;-1. The Morgan fingerprint density at radius 3 is 0.806 bits per heavy atom. The molecule has 8 heterocycles. The van der Waals surface area contributed by atoms with E-state index < -0.39 is 52.1 Å². The number of Topliss-reactive ketones (excluding diaryl/α,β-unsaturated/α-hetero) is 2. The number of sulfonamides is 3. The maximum absolute atomic E-state index is 11.4. The van der Waals surface area contributed by atoms with Gasteiger partial charge in [-0.25, -0.2) is 59.1 Å². The van der Waals surface area contributed by atoms with E-state index in [9.17, 15) is 48.1 Å². The van der Waals surface area contributed by atoms with Gasteiger partial charge in [0.1, 0.15) is 4.88 Å². The molecule has 0 bridgehead atoms. The number of carbonyl (C=O) groups excluding carboxylic acids is 3. The maximum Gasteiger partial charge on any atom is 0 e. The molecule has 0 spiro atoms. The molecule has 0 aliphatic carbocycles. The van der Waals surface area contributed by atoms with Crippen LogP contribution >= 0.6 is 93.3 Å². The van der Waals surface area contributed by atoms with Gasteiger partial charge in [0, 0.05) is 174 Å². The van der Waals surface area contributed by atoms with Gasteiger partial charge in [0.15, 0.2) is 32.1 Å². The van der Waals surface area contributed by atoms with Crippen molar-refractivity contribution in [2.45, 2.75) is 202 Å². The number of thiazole rings is 4. The topological polar surface area (TPSA) is 347 Å². The number of piperazine rings is 4. The molecule has 640 valence electrons. The first-order valence-electron chi connectivity index (χ1n) is 34.1. The Morgan fingerprint density at radius 2 is 0.630 bits per heavy atom. The fraction of sp³-hybridized carbons (Fsp3) is 0.766. The zero-order valence-electron chi connectivity index (χ0n) is 68.5. The maximum atomic E-state index is 11.4. The van der Waals surface area contributed by atoms with Crippen LogP contribution in [0, 0.1) is 6.92 Å². The van der Waals surface area contributed by atoms with Crippen molar-refractivity contribution in [1.29, 1.82) is 0 Å². The van der Waals surface area contributed by atoms with Gasteiger partial charge < -0.3 is 35.0 Å². The number of anilines is 4. The van der Waals surface area contributed by atoms with Crippen LogP contribution in [0.15, 0.2) is 24.8 Å².